The van der Waals surface area contributed by atoms with Gasteiger partial charge in [-0.05, 0) is 30.5 Å². The van der Waals surface area contributed by atoms with E-state index in [9.17, 15) is 4.79 Å². The van der Waals surface area contributed by atoms with Crippen LogP contribution in [0.25, 0.3) is 0 Å². The van der Waals surface area contributed by atoms with E-state index in [-0.39, 0.29) is 5.91 Å². The van der Waals surface area contributed by atoms with Gasteiger partial charge in [-0.25, -0.2) is 0 Å². The Hall–Kier alpha value is -1.94. The summed E-state index contributed by atoms with van der Waals surface area (Å²) in [7, 11) is 0. The molecule has 1 aliphatic heterocycles. The van der Waals surface area contributed by atoms with Crippen LogP contribution in [0.1, 0.15) is 18.1 Å². The van der Waals surface area contributed by atoms with Crippen LogP contribution < -0.4 is 10.2 Å². The molecule has 3 rings (SSSR count). The summed E-state index contributed by atoms with van der Waals surface area (Å²) >= 11 is 1.85. The minimum atomic E-state index is 0.110. The summed E-state index contributed by atoms with van der Waals surface area (Å²) < 4.78 is 0. The molecule has 0 saturated carbocycles. The molecular weight excluding hydrogens is 316 g/mol. The Balaban J connectivity index is 1.39. The molecule has 0 bridgehead atoms. The topological polar surface area (TPSA) is 32.3 Å². The van der Waals surface area contributed by atoms with E-state index in [4.69, 9.17) is 0 Å². The van der Waals surface area contributed by atoms with Gasteiger partial charge in [0, 0.05) is 29.8 Å². The van der Waals surface area contributed by atoms with Gasteiger partial charge in [0.05, 0.1) is 6.54 Å². The molecule has 0 spiro atoms. The number of thioether (sulfide) groups is 1. The zero-order valence-corrected chi connectivity index (χ0v) is 14.9. The van der Waals surface area contributed by atoms with Crippen LogP contribution >= 0.6 is 11.8 Å². The summed E-state index contributed by atoms with van der Waals surface area (Å²) in [6, 6.07) is 19.2. The van der Waals surface area contributed by atoms with E-state index in [1.54, 1.807) is 0 Å². The van der Waals surface area contributed by atoms with E-state index in [1.807, 2.05) is 23.9 Å². The number of benzene rings is 2. The van der Waals surface area contributed by atoms with Crippen molar-refractivity contribution < 1.29 is 4.79 Å². The molecule has 1 amide bonds. The number of nitrogens with one attached hydrogen (secondary N) is 1. The van der Waals surface area contributed by atoms with Crippen molar-refractivity contribution in [3.8, 4) is 0 Å². The average Bonchev–Trinajstić information content (AvgIpc) is 2.91. The first-order valence-corrected chi connectivity index (χ1v) is 9.62. The molecule has 0 aliphatic carbocycles. The van der Waals surface area contributed by atoms with E-state index < -0.39 is 0 Å². The summed E-state index contributed by atoms with van der Waals surface area (Å²) in [5, 5.41) is 3.05. The molecular formula is C20H24N2OS. The maximum atomic E-state index is 12.2. The van der Waals surface area contributed by atoms with Crippen LogP contribution in [0.3, 0.4) is 0 Å². The van der Waals surface area contributed by atoms with Gasteiger partial charge in [0.15, 0.2) is 0 Å². The van der Waals surface area contributed by atoms with Crippen molar-refractivity contribution in [1.82, 2.24) is 5.32 Å². The Morgan fingerprint density at radius 2 is 1.92 bits per heavy atom. The molecule has 1 aliphatic rings. The molecule has 0 unspecified atom stereocenters. The Kier molecular flexibility index (Phi) is 5.81. The predicted molar refractivity (Wildman–Crippen MR) is 103 cm³/mol. The number of carbonyl (C=O) groups is 1. The second-order valence-corrected chi connectivity index (χ2v) is 7.30. The SMILES string of the molecule is C[C@H]1Cc2ccccc2N1CC(=O)NCCSCc1ccccc1. The van der Waals surface area contributed by atoms with Crippen LogP contribution in [0.5, 0.6) is 0 Å². The molecule has 2 aromatic rings. The van der Waals surface area contributed by atoms with Crippen molar-refractivity contribution in [2.45, 2.75) is 25.1 Å². The van der Waals surface area contributed by atoms with Gasteiger partial charge in [-0.3, -0.25) is 4.79 Å². The second kappa shape index (κ2) is 8.25. The van der Waals surface area contributed by atoms with Crippen LogP contribution in [0.2, 0.25) is 0 Å². The highest BCUT2D eigenvalue weighted by Gasteiger charge is 2.26. The van der Waals surface area contributed by atoms with Gasteiger partial charge in [-0.2, -0.15) is 11.8 Å². The fourth-order valence-corrected chi connectivity index (χ4v) is 3.93. The molecule has 24 heavy (non-hydrogen) atoms. The maximum Gasteiger partial charge on any atom is 0.239 e. The van der Waals surface area contributed by atoms with E-state index in [0.29, 0.717) is 12.6 Å². The van der Waals surface area contributed by atoms with Crippen molar-refractivity contribution in [2.75, 3.05) is 23.7 Å². The summed E-state index contributed by atoms with van der Waals surface area (Å²) in [5.74, 6) is 2.04. The van der Waals surface area contributed by atoms with E-state index in [1.165, 1.54) is 16.8 Å². The molecule has 2 aromatic carbocycles. The van der Waals surface area contributed by atoms with Crippen molar-refractivity contribution in [3.05, 3.63) is 65.7 Å². The summed E-state index contributed by atoms with van der Waals surface area (Å²) in [6.45, 7) is 3.35. The summed E-state index contributed by atoms with van der Waals surface area (Å²) in [5.41, 5.74) is 3.88. The van der Waals surface area contributed by atoms with Crippen molar-refractivity contribution in [1.29, 1.82) is 0 Å². The third kappa shape index (κ3) is 4.32. The first kappa shape index (κ1) is 16.9. The Morgan fingerprint density at radius 3 is 2.75 bits per heavy atom. The van der Waals surface area contributed by atoms with Crippen molar-refractivity contribution >= 4 is 23.4 Å². The number of amides is 1. The number of para-hydroxylation sites is 1. The molecule has 1 heterocycles. The van der Waals surface area contributed by atoms with Gasteiger partial charge in [-0.15, -0.1) is 0 Å². The summed E-state index contributed by atoms with van der Waals surface area (Å²) in [6.07, 6.45) is 1.02. The highest BCUT2D eigenvalue weighted by Crippen LogP contribution is 2.31. The van der Waals surface area contributed by atoms with Crippen LogP contribution in [0.15, 0.2) is 54.6 Å². The predicted octanol–water partition coefficient (Wildman–Crippen LogP) is 3.49. The molecule has 3 nitrogen and oxygen atoms in total. The van der Waals surface area contributed by atoms with Gasteiger partial charge in [-0.1, -0.05) is 48.5 Å². The monoisotopic (exact) mass is 340 g/mol. The standard InChI is InChI=1S/C20H24N2OS/c1-16-13-18-9-5-6-10-19(18)22(16)14-20(23)21-11-12-24-15-17-7-3-2-4-8-17/h2-10,16H,11-15H2,1H3,(H,21,23)/t16-/m0/s1. The van der Waals surface area contributed by atoms with Crippen LogP contribution in [-0.2, 0) is 17.0 Å². The van der Waals surface area contributed by atoms with Gasteiger partial charge < -0.3 is 10.2 Å². The maximum absolute atomic E-state index is 12.2. The number of hydrogen-bond donors (Lipinski definition) is 1. The minimum Gasteiger partial charge on any atom is -0.359 e. The Morgan fingerprint density at radius 1 is 1.17 bits per heavy atom. The van der Waals surface area contributed by atoms with E-state index >= 15 is 0 Å². The number of anilines is 1. The molecule has 4 heteroatoms. The number of carbonyl (C=O) groups excluding carboxylic acids is 1. The smallest absolute Gasteiger partial charge is 0.239 e. The largest absolute Gasteiger partial charge is 0.359 e. The van der Waals surface area contributed by atoms with Crippen LogP contribution in [-0.4, -0.2) is 30.8 Å². The molecule has 1 N–H and O–H groups in total. The van der Waals surface area contributed by atoms with Crippen molar-refractivity contribution in [2.24, 2.45) is 0 Å². The minimum absolute atomic E-state index is 0.110. The lowest BCUT2D eigenvalue weighted by molar-refractivity contribution is -0.119. The summed E-state index contributed by atoms with van der Waals surface area (Å²) in [4.78, 5) is 14.4. The third-order valence-corrected chi connectivity index (χ3v) is 5.37. The van der Waals surface area contributed by atoms with Crippen molar-refractivity contribution in [3.63, 3.8) is 0 Å². The van der Waals surface area contributed by atoms with E-state index in [2.05, 4.69) is 59.6 Å². The molecule has 0 radical (unpaired) electrons. The number of rotatable bonds is 7. The van der Waals surface area contributed by atoms with Gasteiger partial charge in [0.25, 0.3) is 0 Å². The Labute approximate surface area is 148 Å². The second-order valence-electron chi connectivity index (χ2n) is 6.20. The highest BCUT2D eigenvalue weighted by molar-refractivity contribution is 7.98. The molecule has 0 aromatic heterocycles. The third-order valence-electron chi connectivity index (χ3n) is 4.34. The fourth-order valence-electron chi connectivity index (χ4n) is 3.11. The highest BCUT2D eigenvalue weighted by atomic mass is 32.2. The Bertz CT molecular complexity index is 674. The fraction of sp³-hybridized carbons (Fsp3) is 0.350. The number of nitrogens with zero attached hydrogens (tertiary/aromatic N) is 1. The van der Waals surface area contributed by atoms with Crippen LogP contribution in [0, 0.1) is 0 Å². The van der Waals surface area contributed by atoms with Gasteiger partial charge in [0.1, 0.15) is 0 Å². The number of fused-ring (bicyclic) bond motifs is 1. The first-order valence-electron chi connectivity index (χ1n) is 8.47. The first-order chi connectivity index (χ1) is 11.7. The lowest BCUT2D eigenvalue weighted by Crippen LogP contribution is -2.40. The normalized spacial score (nSPS) is 16.0. The van der Waals surface area contributed by atoms with Crippen LogP contribution in [0.4, 0.5) is 5.69 Å². The zero-order chi connectivity index (χ0) is 16.8. The molecule has 126 valence electrons. The van der Waals surface area contributed by atoms with Gasteiger partial charge in [0.2, 0.25) is 5.91 Å². The molecule has 0 saturated heterocycles. The number of hydrogen-bond acceptors (Lipinski definition) is 3. The zero-order valence-electron chi connectivity index (χ0n) is 14.1. The lowest BCUT2D eigenvalue weighted by Gasteiger charge is -2.24. The lowest BCUT2D eigenvalue weighted by atomic mass is 10.1. The van der Waals surface area contributed by atoms with E-state index in [0.717, 1.165) is 24.5 Å². The quantitative estimate of drug-likeness (QED) is 0.783. The molecule has 1 atom stereocenters. The molecule has 0 fully saturated rings. The average molecular weight is 340 g/mol. The van der Waals surface area contributed by atoms with Gasteiger partial charge >= 0.3 is 0 Å².